The van der Waals surface area contributed by atoms with Crippen molar-refractivity contribution in [2.24, 2.45) is 0 Å². The number of methoxy groups -OCH3 is 1. The normalized spacial score (nSPS) is 14.8. The Bertz CT molecular complexity index is 877. The van der Waals surface area contributed by atoms with Crippen LogP contribution in [0.5, 0.6) is 5.75 Å². The topological polar surface area (TPSA) is 77.1 Å². The van der Waals surface area contributed by atoms with Gasteiger partial charge in [-0.25, -0.2) is 4.79 Å². The van der Waals surface area contributed by atoms with Gasteiger partial charge in [0.2, 0.25) is 0 Å². The predicted molar refractivity (Wildman–Crippen MR) is 111 cm³/mol. The fourth-order valence-electron chi connectivity index (χ4n) is 3.12. The van der Waals surface area contributed by atoms with Crippen LogP contribution in [0.2, 0.25) is 0 Å². The number of hydrogen-bond acceptors (Lipinski definition) is 6. The minimum absolute atomic E-state index is 0.299. The lowest BCUT2D eigenvalue weighted by Gasteiger charge is -2.29. The number of hydrogen-bond donors (Lipinski definition) is 1. The van der Waals surface area contributed by atoms with Crippen molar-refractivity contribution in [1.29, 1.82) is 0 Å². The van der Waals surface area contributed by atoms with Crippen LogP contribution < -0.4 is 15.0 Å². The summed E-state index contributed by atoms with van der Waals surface area (Å²) in [6, 6.07) is 12.8. The van der Waals surface area contributed by atoms with Crippen molar-refractivity contribution < 1.29 is 23.8 Å². The predicted octanol–water partition coefficient (Wildman–Crippen LogP) is 3.02. The smallest absolute Gasteiger partial charge is 0.340 e. The van der Waals surface area contributed by atoms with Gasteiger partial charge in [-0.15, -0.1) is 0 Å². The number of nitrogens with one attached hydrogen (secondary N) is 1. The second-order valence-electron chi connectivity index (χ2n) is 6.89. The summed E-state index contributed by atoms with van der Waals surface area (Å²) in [4.78, 5) is 27.1. The highest BCUT2D eigenvalue weighted by Gasteiger charge is 2.21. The van der Waals surface area contributed by atoms with Gasteiger partial charge in [0.05, 0.1) is 31.6 Å². The second-order valence-corrected chi connectivity index (χ2v) is 6.89. The molecule has 1 atom stereocenters. The molecular formula is C22H26N2O5. The number of carbonyl (C=O) groups excluding carboxylic acids is 2. The maximum absolute atomic E-state index is 12.6. The van der Waals surface area contributed by atoms with Crippen LogP contribution in [0.25, 0.3) is 0 Å². The third kappa shape index (κ3) is 5.26. The van der Waals surface area contributed by atoms with Gasteiger partial charge in [-0.2, -0.15) is 0 Å². The maximum Gasteiger partial charge on any atom is 0.340 e. The molecule has 154 valence electrons. The molecule has 0 saturated carbocycles. The molecule has 1 aliphatic heterocycles. The number of amides is 1. The van der Waals surface area contributed by atoms with Crippen LogP contribution in [0.1, 0.15) is 22.8 Å². The number of anilines is 2. The van der Waals surface area contributed by atoms with Crippen LogP contribution in [0.4, 0.5) is 11.4 Å². The lowest BCUT2D eigenvalue weighted by Crippen LogP contribution is -2.36. The van der Waals surface area contributed by atoms with Gasteiger partial charge in [0.25, 0.3) is 5.91 Å². The van der Waals surface area contributed by atoms with E-state index in [0.29, 0.717) is 30.2 Å². The summed E-state index contributed by atoms with van der Waals surface area (Å²) in [6.45, 7) is 6.38. The Labute approximate surface area is 170 Å². The molecule has 0 bridgehead atoms. The van der Waals surface area contributed by atoms with E-state index in [1.165, 1.54) is 7.11 Å². The molecule has 1 N–H and O–H groups in total. The van der Waals surface area contributed by atoms with Gasteiger partial charge >= 0.3 is 5.97 Å². The van der Waals surface area contributed by atoms with Crippen molar-refractivity contribution in [2.75, 3.05) is 43.6 Å². The van der Waals surface area contributed by atoms with Crippen LogP contribution in [0.3, 0.4) is 0 Å². The van der Waals surface area contributed by atoms with E-state index < -0.39 is 12.1 Å². The second kappa shape index (κ2) is 9.43. The monoisotopic (exact) mass is 398 g/mol. The fourth-order valence-corrected chi connectivity index (χ4v) is 3.12. The largest absolute Gasteiger partial charge is 0.481 e. The summed E-state index contributed by atoms with van der Waals surface area (Å²) in [5.41, 5.74) is 2.61. The number of aryl methyl sites for hydroxylation is 1. The highest BCUT2D eigenvalue weighted by atomic mass is 16.5. The Morgan fingerprint density at radius 1 is 1.14 bits per heavy atom. The molecule has 2 aromatic rings. The van der Waals surface area contributed by atoms with E-state index in [1.54, 1.807) is 25.1 Å². The summed E-state index contributed by atoms with van der Waals surface area (Å²) >= 11 is 0. The summed E-state index contributed by atoms with van der Waals surface area (Å²) in [7, 11) is 1.32. The molecule has 7 heteroatoms. The average molecular weight is 398 g/mol. The number of morpholine rings is 1. The van der Waals surface area contributed by atoms with Crippen molar-refractivity contribution in [3.8, 4) is 5.75 Å². The van der Waals surface area contributed by atoms with Gasteiger partial charge in [-0.05, 0) is 49.7 Å². The zero-order valence-corrected chi connectivity index (χ0v) is 16.9. The molecule has 1 heterocycles. The summed E-state index contributed by atoms with van der Waals surface area (Å²) in [6.07, 6.45) is -0.735. The highest BCUT2D eigenvalue weighted by Crippen LogP contribution is 2.25. The van der Waals surface area contributed by atoms with Gasteiger partial charge in [0.15, 0.2) is 6.10 Å². The number of rotatable bonds is 6. The number of nitrogens with zero attached hydrogens (tertiary/aromatic N) is 1. The van der Waals surface area contributed by atoms with E-state index in [1.807, 2.05) is 31.2 Å². The molecule has 29 heavy (non-hydrogen) atoms. The molecule has 1 aliphatic rings. The van der Waals surface area contributed by atoms with Crippen molar-refractivity contribution in [2.45, 2.75) is 20.0 Å². The third-order valence-electron chi connectivity index (χ3n) is 4.71. The first-order chi connectivity index (χ1) is 14.0. The summed E-state index contributed by atoms with van der Waals surface area (Å²) < 4.78 is 16.0. The van der Waals surface area contributed by atoms with E-state index in [-0.39, 0.29) is 5.91 Å². The summed E-state index contributed by atoms with van der Waals surface area (Å²) in [5, 5.41) is 2.78. The lowest BCUT2D eigenvalue weighted by molar-refractivity contribution is -0.122. The molecule has 0 aromatic heterocycles. The van der Waals surface area contributed by atoms with Crippen LogP contribution >= 0.6 is 0 Å². The molecule has 3 rings (SSSR count). The van der Waals surface area contributed by atoms with Gasteiger partial charge in [-0.3, -0.25) is 4.79 Å². The molecular weight excluding hydrogens is 372 g/mol. The van der Waals surface area contributed by atoms with E-state index >= 15 is 0 Å². The van der Waals surface area contributed by atoms with Crippen molar-refractivity contribution in [3.63, 3.8) is 0 Å². The average Bonchev–Trinajstić information content (AvgIpc) is 2.74. The molecule has 2 aromatic carbocycles. The maximum atomic E-state index is 12.6. The van der Waals surface area contributed by atoms with Crippen molar-refractivity contribution >= 4 is 23.3 Å². The minimum Gasteiger partial charge on any atom is -0.481 e. The number of carbonyl (C=O) groups is 2. The van der Waals surface area contributed by atoms with Crippen LogP contribution in [0, 0.1) is 6.92 Å². The Morgan fingerprint density at radius 3 is 2.59 bits per heavy atom. The zero-order chi connectivity index (χ0) is 20.8. The van der Waals surface area contributed by atoms with E-state index in [2.05, 4.69) is 10.2 Å². The quantitative estimate of drug-likeness (QED) is 0.754. The first-order valence-electron chi connectivity index (χ1n) is 9.57. The van der Waals surface area contributed by atoms with Gasteiger partial charge in [0.1, 0.15) is 5.75 Å². The van der Waals surface area contributed by atoms with Crippen molar-refractivity contribution in [3.05, 3.63) is 53.6 Å². The lowest BCUT2D eigenvalue weighted by atomic mass is 10.1. The number of benzene rings is 2. The van der Waals surface area contributed by atoms with Crippen LogP contribution in [0.15, 0.2) is 42.5 Å². The highest BCUT2D eigenvalue weighted by molar-refractivity contribution is 6.03. The summed E-state index contributed by atoms with van der Waals surface area (Å²) in [5.74, 6) is -0.248. The Balaban J connectivity index is 1.75. The Kier molecular flexibility index (Phi) is 6.72. The minimum atomic E-state index is -0.735. The SMILES string of the molecule is COC(=O)c1cc(N2CCOCC2)ccc1NC(=O)C(C)Oc1cccc(C)c1. The molecule has 0 radical (unpaired) electrons. The van der Waals surface area contributed by atoms with E-state index in [0.717, 1.165) is 24.3 Å². The van der Waals surface area contributed by atoms with Gasteiger partial charge in [0, 0.05) is 18.8 Å². The van der Waals surface area contributed by atoms with Crippen molar-refractivity contribution in [1.82, 2.24) is 0 Å². The molecule has 7 nitrogen and oxygen atoms in total. The number of esters is 1. The first kappa shape index (κ1) is 20.7. The Hall–Kier alpha value is -3.06. The van der Waals surface area contributed by atoms with Crippen LogP contribution in [-0.2, 0) is 14.3 Å². The first-order valence-corrected chi connectivity index (χ1v) is 9.57. The molecule has 1 unspecified atom stereocenters. The van der Waals surface area contributed by atoms with E-state index in [4.69, 9.17) is 14.2 Å². The van der Waals surface area contributed by atoms with E-state index in [9.17, 15) is 9.59 Å². The molecule has 0 spiro atoms. The Morgan fingerprint density at radius 2 is 1.90 bits per heavy atom. The fraction of sp³-hybridized carbons (Fsp3) is 0.364. The van der Waals surface area contributed by atoms with Crippen LogP contribution in [-0.4, -0.2) is 51.4 Å². The standard InChI is InChI=1S/C22H26N2O5/c1-15-5-4-6-18(13-15)29-16(2)21(25)23-20-8-7-17(14-19(20)22(26)27-3)24-9-11-28-12-10-24/h4-8,13-14,16H,9-12H2,1-3H3,(H,23,25). The van der Waals surface area contributed by atoms with Gasteiger partial charge < -0.3 is 24.4 Å². The molecule has 1 saturated heterocycles. The zero-order valence-electron chi connectivity index (χ0n) is 16.9. The third-order valence-corrected chi connectivity index (χ3v) is 4.71. The molecule has 1 fully saturated rings. The number of ether oxygens (including phenoxy) is 3. The molecule has 1 amide bonds. The molecule has 0 aliphatic carbocycles. The van der Waals surface area contributed by atoms with Gasteiger partial charge in [-0.1, -0.05) is 12.1 Å².